The van der Waals surface area contributed by atoms with E-state index in [0.29, 0.717) is 25.6 Å². The minimum atomic E-state index is -0.963. The minimum absolute atomic E-state index is 0.117. The highest BCUT2D eigenvalue weighted by molar-refractivity contribution is 5.92. The molecule has 0 saturated carbocycles. The number of carbonyl (C=O) groups excluding carboxylic acids is 1. The fourth-order valence-electron chi connectivity index (χ4n) is 2.13. The van der Waals surface area contributed by atoms with Crippen molar-refractivity contribution >= 4 is 5.91 Å². The first-order chi connectivity index (χ1) is 8.81. The van der Waals surface area contributed by atoms with Crippen molar-refractivity contribution in [2.24, 2.45) is 5.92 Å². The molecule has 0 radical (unpaired) electrons. The summed E-state index contributed by atoms with van der Waals surface area (Å²) in [5.74, 6) is -2.47. The van der Waals surface area contributed by atoms with Gasteiger partial charge >= 0.3 is 0 Å². The molecule has 1 N–H and O–H groups in total. The fraction of sp³-hybridized carbons (Fsp3) is 0.538. The summed E-state index contributed by atoms with van der Waals surface area (Å²) in [5, 5.41) is 10.0. The smallest absolute Gasteiger partial charge is 0.275 e. The Labute approximate surface area is 110 Å². The number of aliphatic hydroxyl groups is 1. The van der Waals surface area contributed by atoms with Crippen LogP contribution in [0.15, 0.2) is 12.3 Å². The predicted molar refractivity (Wildman–Crippen MR) is 64.5 cm³/mol. The van der Waals surface area contributed by atoms with Crippen LogP contribution in [0.4, 0.5) is 8.78 Å². The molecule has 4 nitrogen and oxygen atoms in total. The number of nitrogens with zero attached hydrogens (tertiary/aromatic N) is 2. The summed E-state index contributed by atoms with van der Waals surface area (Å²) in [6, 6.07) is 0.643. The molecule has 1 fully saturated rings. The molecule has 1 aromatic heterocycles. The molecule has 1 amide bonds. The molecule has 0 bridgehead atoms. The zero-order chi connectivity index (χ0) is 14.2. The fourth-order valence-corrected chi connectivity index (χ4v) is 2.13. The maximum Gasteiger partial charge on any atom is 0.275 e. The molecule has 2 heterocycles. The van der Waals surface area contributed by atoms with E-state index < -0.39 is 23.1 Å². The van der Waals surface area contributed by atoms with Crippen molar-refractivity contribution < 1.29 is 18.7 Å². The van der Waals surface area contributed by atoms with Crippen LogP contribution in [0, 0.1) is 17.6 Å². The molecular formula is C13H16F2N2O2. The van der Waals surface area contributed by atoms with Gasteiger partial charge in [-0.2, -0.15) is 0 Å². The molecule has 0 spiro atoms. The Balaban J connectivity index is 2.17. The molecule has 0 unspecified atom stereocenters. The first-order valence-electron chi connectivity index (χ1n) is 6.14. The van der Waals surface area contributed by atoms with Crippen molar-refractivity contribution in [2.75, 3.05) is 13.1 Å². The van der Waals surface area contributed by atoms with Gasteiger partial charge in [-0.05, 0) is 13.3 Å². The Hall–Kier alpha value is -1.56. The molecule has 2 rings (SSSR count). The van der Waals surface area contributed by atoms with E-state index in [0.717, 1.165) is 6.20 Å². The summed E-state index contributed by atoms with van der Waals surface area (Å²) in [6.07, 6.45) is 1.24. The average molecular weight is 270 g/mol. The number of halogens is 2. The summed E-state index contributed by atoms with van der Waals surface area (Å²) in [7, 11) is 0. The van der Waals surface area contributed by atoms with E-state index in [1.165, 1.54) is 4.90 Å². The third-order valence-electron chi connectivity index (χ3n) is 3.74. The van der Waals surface area contributed by atoms with Crippen molar-refractivity contribution in [2.45, 2.75) is 25.9 Å². The van der Waals surface area contributed by atoms with Crippen LogP contribution in [-0.2, 0) is 0 Å². The predicted octanol–water partition coefficient (Wildman–Crippen LogP) is 1.59. The summed E-state index contributed by atoms with van der Waals surface area (Å²) >= 11 is 0. The topological polar surface area (TPSA) is 53.4 Å². The van der Waals surface area contributed by atoms with Crippen LogP contribution < -0.4 is 0 Å². The molecule has 1 aliphatic heterocycles. The zero-order valence-corrected chi connectivity index (χ0v) is 10.9. The third-order valence-corrected chi connectivity index (χ3v) is 3.74. The van der Waals surface area contributed by atoms with Crippen LogP contribution in [0.25, 0.3) is 0 Å². The lowest BCUT2D eigenvalue weighted by molar-refractivity contribution is -0.0441. The van der Waals surface area contributed by atoms with E-state index >= 15 is 0 Å². The van der Waals surface area contributed by atoms with Crippen molar-refractivity contribution in [1.82, 2.24) is 9.88 Å². The van der Waals surface area contributed by atoms with E-state index in [1.807, 2.05) is 6.92 Å². The number of likely N-dealkylation sites (tertiary alicyclic amines) is 1. The molecule has 0 aliphatic carbocycles. The second-order valence-corrected chi connectivity index (χ2v) is 5.24. The van der Waals surface area contributed by atoms with Crippen molar-refractivity contribution in [3.8, 4) is 0 Å². The Morgan fingerprint density at radius 3 is 2.84 bits per heavy atom. The average Bonchev–Trinajstić information content (AvgIpc) is 2.32. The van der Waals surface area contributed by atoms with Crippen molar-refractivity contribution in [3.63, 3.8) is 0 Å². The molecule has 0 aromatic carbocycles. The quantitative estimate of drug-likeness (QED) is 0.843. The van der Waals surface area contributed by atoms with Gasteiger partial charge in [0.2, 0.25) is 0 Å². The largest absolute Gasteiger partial charge is 0.390 e. The maximum absolute atomic E-state index is 13.5. The van der Waals surface area contributed by atoms with Crippen LogP contribution in [0.3, 0.4) is 0 Å². The standard InChI is InChI=1S/C13H16F2N2O2/c1-8-7-17(4-3-13(8,2)19)12(18)11-10(15)5-9(14)6-16-11/h5-6,8,19H,3-4,7H2,1-2H3/t8-,13+/m1/s1. The lowest BCUT2D eigenvalue weighted by Gasteiger charge is -2.40. The van der Waals surface area contributed by atoms with Gasteiger partial charge in [-0.15, -0.1) is 0 Å². The molecule has 6 heteroatoms. The normalized spacial score (nSPS) is 27.4. The van der Waals surface area contributed by atoms with Crippen LogP contribution in [0.1, 0.15) is 30.8 Å². The van der Waals surface area contributed by atoms with Crippen molar-refractivity contribution in [3.05, 3.63) is 29.6 Å². The Bertz CT molecular complexity index is 505. The van der Waals surface area contributed by atoms with Crippen LogP contribution in [-0.4, -0.2) is 39.6 Å². The lowest BCUT2D eigenvalue weighted by Crippen LogP contribution is -2.51. The molecule has 19 heavy (non-hydrogen) atoms. The third kappa shape index (κ3) is 2.73. The van der Waals surface area contributed by atoms with Crippen LogP contribution in [0.5, 0.6) is 0 Å². The first-order valence-corrected chi connectivity index (χ1v) is 6.14. The highest BCUT2D eigenvalue weighted by atomic mass is 19.1. The number of piperidine rings is 1. The summed E-state index contributed by atoms with van der Waals surface area (Å²) in [5.41, 5.74) is -1.21. The molecule has 104 valence electrons. The number of amides is 1. The van der Waals surface area contributed by atoms with E-state index in [-0.39, 0.29) is 11.6 Å². The SMILES string of the molecule is C[C@@H]1CN(C(=O)c2ncc(F)cc2F)CC[C@]1(C)O. The van der Waals surface area contributed by atoms with Gasteiger partial charge in [0, 0.05) is 25.1 Å². The summed E-state index contributed by atoms with van der Waals surface area (Å²) in [4.78, 5) is 17.1. The van der Waals surface area contributed by atoms with Gasteiger partial charge in [0.05, 0.1) is 11.8 Å². The highest BCUT2D eigenvalue weighted by Crippen LogP contribution is 2.28. The van der Waals surface area contributed by atoms with Crippen molar-refractivity contribution in [1.29, 1.82) is 0 Å². The second-order valence-electron chi connectivity index (χ2n) is 5.24. The number of pyridine rings is 1. The van der Waals surface area contributed by atoms with Gasteiger partial charge in [-0.1, -0.05) is 6.92 Å². The number of aromatic nitrogens is 1. The molecule has 1 saturated heterocycles. The van der Waals surface area contributed by atoms with E-state index in [4.69, 9.17) is 0 Å². The molecule has 2 atom stereocenters. The first kappa shape index (κ1) is 13.9. The zero-order valence-electron chi connectivity index (χ0n) is 10.9. The maximum atomic E-state index is 13.5. The van der Waals surface area contributed by atoms with Crippen LogP contribution in [0.2, 0.25) is 0 Å². The highest BCUT2D eigenvalue weighted by Gasteiger charge is 2.37. The Morgan fingerprint density at radius 1 is 1.58 bits per heavy atom. The van der Waals surface area contributed by atoms with E-state index in [9.17, 15) is 18.7 Å². The van der Waals surface area contributed by atoms with Crippen LogP contribution >= 0.6 is 0 Å². The minimum Gasteiger partial charge on any atom is -0.390 e. The lowest BCUT2D eigenvalue weighted by atomic mass is 9.84. The molecular weight excluding hydrogens is 254 g/mol. The van der Waals surface area contributed by atoms with E-state index in [1.54, 1.807) is 6.92 Å². The second kappa shape index (κ2) is 4.85. The van der Waals surface area contributed by atoms with Gasteiger partial charge in [-0.25, -0.2) is 13.8 Å². The van der Waals surface area contributed by atoms with Gasteiger partial charge in [0.25, 0.3) is 5.91 Å². The van der Waals surface area contributed by atoms with E-state index in [2.05, 4.69) is 4.98 Å². The molecule has 1 aliphatic rings. The number of hydrogen-bond donors (Lipinski definition) is 1. The van der Waals surface area contributed by atoms with Gasteiger partial charge in [0.1, 0.15) is 5.82 Å². The number of rotatable bonds is 1. The Morgan fingerprint density at radius 2 is 2.26 bits per heavy atom. The monoisotopic (exact) mass is 270 g/mol. The molecule has 1 aromatic rings. The van der Waals surface area contributed by atoms with Gasteiger partial charge in [-0.3, -0.25) is 4.79 Å². The van der Waals surface area contributed by atoms with Gasteiger partial charge < -0.3 is 10.0 Å². The number of hydrogen-bond acceptors (Lipinski definition) is 3. The summed E-state index contributed by atoms with van der Waals surface area (Å²) < 4.78 is 26.3. The number of carbonyl (C=O) groups is 1. The summed E-state index contributed by atoms with van der Waals surface area (Å²) in [6.45, 7) is 4.20. The Kier molecular flexibility index (Phi) is 3.54. The van der Waals surface area contributed by atoms with Gasteiger partial charge in [0.15, 0.2) is 11.5 Å².